The second kappa shape index (κ2) is 5.49. The van der Waals surface area contributed by atoms with Crippen molar-refractivity contribution in [3.63, 3.8) is 0 Å². The summed E-state index contributed by atoms with van der Waals surface area (Å²) in [4.78, 5) is 14.6. The minimum Gasteiger partial charge on any atom is -0.468 e. The molecule has 1 saturated carbocycles. The molecule has 2 aromatic rings. The molecule has 4 rings (SSSR count). The van der Waals surface area contributed by atoms with E-state index in [2.05, 4.69) is 0 Å². The first-order valence-corrected chi connectivity index (χ1v) is 7.95. The number of halogens is 1. The van der Waals surface area contributed by atoms with E-state index in [1.54, 1.807) is 29.4 Å². The number of carbonyl (C=O) groups excluding carboxylic acids is 1. The van der Waals surface area contributed by atoms with Crippen LogP contribution in [0, 0.1) is 5.82 Å². The van der Waals surface area contributed by atoms with E-state index in [0.29, 0.717) is 23.5 Å². The number of amides is 1. The highest BCUT2D eigenvalue weighted by atomic mass is 19.1. The fourth-order valence-corrected chi connectivity index (χ4v) is 3.38. The van der Waals surface area contributed by atoms with Crippen LogP contribution < -0.4 is 0 Å². The van der Waals surface area contributed by atoms with Gasteiger partial charge in [-0.15, -0.1) is 0 Å². The average Bonchev–Trinajstić information content (AvgIpc) is 3.12. The van der Waals surface area contributed by atoms with Crippen LogP contribution >= 0.6 is 0 Å². The molecular formula is C18H18FNO3. The second-order valence-corrected chi connectivity index (χ2v) is 6.39. The molecule has 0 radical (unpaired) electrons. The lowest BCUT2D eigenvalue weighted by Gasteiger charge is -2.24. The Bertz CT molecular complexity index is 737. The maximum absolute atomic E-state index is 13.5. The van der Waals surface area contributed by atoms with Crippen molar-refractivity contribution in [1.29, 1.82) is 0 Å². The summed E-state index contributed by atoms with van der Waals surface area (Å²) < 4.78 is 19.0. The molecule has 120 valence electrons. The third kappa shape index (κ3) is 2.65. The molecular weight excluding hydrogens is 297 g/mol. The summed E-state index contributed by atoms with van der Waals surface area (Å²) in [5, 5.41) is 10.0. The molecule has 0 spiro atoms. The predicted molar refractivity (Wildman–Crippen MR) is 81.5 cm³/mol. The number of furan rings is 1. The summed E-state index contributed by atoms with van der Waals surface area (Å²) in [5.41, 5.74) is 1.29. The predicted octanol–water partition coefficient (Wildman–Crippen LogP) is 3.24. The van der Waals surface area contributed by atoms with Gasteiger partial charge in [0.15, 0.2) is 0 Å². The van der Waals surface area contributed by atoms with Crippen molar-refractivity contribution in [3.8, 4) is 0 Å². The van der Waals surface area contributed by atoms with E-state index in [-0.39, 0.29) is 24.3 Å². The number of benzene rings is 1. The fraction of sp³-hybridized carbons (Fsp3) is 0.389. The van der Waals surface area contributed by atoms with Gasteiger partial charge in [-0.05, 0) is 43.0 Å². The monoisotopic (exact) mass is 315 g/mol. The molecule has 1 saturated heterocycles. The average molecular weight is 315 g/mol. The van der Waals surface area contributed by atoms with Gasteiger partial charge in [-0.1, -0.05) is 12.1 Å². The molecule has 1 aliphatic heterocycles. The quantitative estimate of drug-likeness (QED) is 0.946. The molecule has 0 bridgehead atoms. The summed E-state index contributed by atoms with van der Waals surface area (Å²) in [7, 11) is 0. The summed E-state index contributed by atoms with van der Waals surface area (Å²) in [6, 6.07) is 7.62. The Labute approximate surface area is 133 Å². The highest BCUT2D eigenvalue weighted by Crippen LogP contribution is 2.43. The Morgan fingerprint density at radius 2 is 2.13 bits per heavy atom. The minimum absolute atomic E-state index is 0.147. The maximum atomic E-state index is 13.5. The zero-order chi connectivity index (χ0) is 16.0. The summed E-state index contributed by atoms with van der Waals surface area (Å²) in [6.45, 7) is 0.259. The summed E-state index contributed by atoms with van der Waals surface area (Å²) in [5.74, 6) is 0.600. The molecule has 1 amide bonds. The Morgan fingerprint density at radius 1 is 1.30 bits per heavy atom. The lowest BCUT2D eigenvalue weighted by Crippen LogP contribution is -2.32. The molecule has 1 aliphatic carbocycles. The lowest BCUT2D eigenvalue weighted by atomic mass is 10.0. The van der Waals surface area contributed by atoms with E-state index in [4.69, 9.17) is 4.42 Å². The lowest BCUT2D eigenvalue weighted by molar-refractivity contribution is 0.0713. The van der Waals surface area contributed by atoms with Gasteiger partial charge in [0.2, 0.25) is 0 Å². The van der Waals surface area contributed by atoms with Gasteiger partial charge in [-0.25, -0.2) is 4.39 Å². The number of rotatable bonds is 3. The smallest absolute Gasteiger partial charge is 0.258 e. The number of carbonyl (C=O) groups is 1. The topological polar surface area (TPSA) is 53.7 Å². The third-order valence-electron chi connectivity index (χ3n) is 4.65. The first-order valence-electron chi connectivity index (χ1n) is 7.95. The van der Waals surface area contributed by atoms with Crippen LogP contribution in [0.2, 0.25) is 0 Å². The first kappa shape index (κ1) is 14.5. The zero-order valence-electron chi connectivity index (χ0n) is 12.6. The molecule has 2 fully saturated rings. The maximum Gasteiger partial charge on any atom is 0.258 e. The van der Waals surface area contributed by atoms with E-state index in [1.807, 2.05) is 0 Å². The van der Waals surface area contributed by atoms with Crippen LogP contribution in [0.15, 0.2) is 41.0 Å². The van der Waals surface area contributed by atoms with Gasteiger partial charge in [0, 0.05) is 12.5 Å². The molecule has 2 heterocycles. The van der Waals surface area contributed by atoms with Crippen LogP contribution in [0.4, 0.5) is 4.39 Å². The molecule has 1 aromatic carbocycles. The second-order valence-electron chi connectivity index (χ2n) is 6.39. The third-order valence-corrected chi connectivity index (χ3v) is 4.65. The number of β-amino-alcohol motifs (C(OH)–C–C–N with tert-alkyl or cyclic N) is 1. The van der Waals surface area contributed by atoms with Crippen LogP contribution in [-0.4, -0.2) is 28.6 Å². The molecule has 2 atom stereocenters. The molecule has 0 unspecified atom stereocenters. The van der Waals surface area contributed by atoms with Gasteiger partial charge < -0.3 is 14.4 Å². The Balaban J connectivity index is 1.65. The van der Waals surface area contributed by atoms with Crippen LogP contribution in [-0.2, 0) is 0 Å². The van der Waals surface area contributed by atoms with Gasteiger partial charge in [0.25, 0.3) is 5.91 Å². The van der Waals surface area contributed by atoms with Crippen LogP contribution in [0.1, 0.15) is 52.9 Å². The van der Waals surface area contributed by atoms with Gasteiger partial charge >= 0.3 is 0 Å². The molecule has 4 nitrogen and oxygen atoms in total. The Hall–Kier alpha value is -2.14. The number of aliphatic hydroxyl groups excluding tert-OH is 1. The largest absolute Gasteiger partial charge is 0.468 e. The van der Waals surface area contributed by atoms with E-state index in [0.717, 1.165) is 18.6 Å². The van der Waals surface area contributed by atoms with Crippen molar-refractivity contribution in [2.45, 2.75) is 37.3 Å². The van der Waals surface area contributed by atoms with Gasteiger partial charge in [0.05, 0.1) is 24.0 Å². The van der Waals surface area contributed by atoms with Crippen molar-refractivity contribution in [2.75, 3.05) is 6.54 Å². The van der Waals surface area contributed by atoms with Crippen LogP contribution in [0.5, 0.6) is 0 Å². The highest BCUT2D eigenvalue weighted by molar-refractivity contribution is 5.96. The van der Waals surface area contributed by atoms with Crippen LogP contribution in [0.25, 0.3) is 0 Å². The number of aliphatic hydroxyl groups is 1. The first-order chi connectivity index (χ1) is 11.1. The van der Waals surface area contributed by atoms with E-state index >= 15 is 0 Å². The number of nitrogens with zero attached hydrogens (tertiary/aromatic N) is 1. The molecule has 1 N–H and O–H groups in total. The number of hydrogen-bond acceptors (Lipinski definition) is 3. The highest BCUT2D eigenvalue weighted by Gasteiger charge is 2.39. The summed E-state index contributed by atoms with van der Waals surface area (Å²) in [6.07, 6.45) is 3.47. The SMILES string of the molecule is O=C(c1ccoc1C1CC1)N1C[C@@H](O)C[C@H]1c1cccc(F)c1. The molecule has 1 aromatic heterocycles. The fourth-order valence-electron chi connectivity index (χ4n) is 3.38. The minimum atomic E-state index is -0.594. The van der Waals surface area contributed by atoms with Crippen molar-refractivity contribution >= 4 is 5.91 Å². The molecule has 23 heavy (non-hydrogen) atoms. The number of hydrogen-bond donors (Lipinski definition) is 1. The van der Waals surface area contributed by atoms with Gasteiger partial charge in [-0.3, -0.25) is 4.79 Å². The normalized spacial score (nSPS) is 24.2. The molecule has 2 aliphatic rings. The number of likely N-dealkylation sites (tertiary alicyclic amines) is 1. The van der Waals surface area contributed by atoms with Crippen molar-refractivity contribution in [1.82, 2.24) is 4.90 Å². The molecule has 5 heteroatoms. The van der Waals surface area contributed by atoms with E-state index in [1.165, 1.54) is 12.1 Å². The Kier molecular flexibility index (Phi) is 3.45. The Morgan fingerprint density at radius 3 is 2.87 bits per heavy atom. The van der Waals surface area contributed by atoms with Gasteiger partial charge in [0.1, 0.15) is 11.6 Å². The van der Waals surface area contributed by atoms with E-state index in [9.17, 15) is 14.3 Å². The van der Waals surface area contributed by atoms with Gasteiger partial charge in [-0.2, -0.15) is 0 Å². The van der Waals surface area contributed by atoms with Crippen LogP contribution in [0.3, 0.4) is 0 Å². The van der Waals surface area contributed by atoms with E-state index < -0.39 is 6.10 Å². The van der Waals surface area contributed by atoms with Crippen molar-refractivity contribution < 1.29 is 18.7 Å². The van der Waals surface area contributed by atoms with Crippen molar-refractivity contribution in [2.24, 2.45) is 0 Å². The van der Waals surface area contributed by atoms with Crippen molar-refractivity contribution in [3.05, 3.63) is 59.3 Å². The summed E-state index contributed by atoms with van der Waals surface area (Å²) >= 11 is 0. The zero-order valence-corrected chi connectivity index (χ0v) is 12.6. The standard InChI is InChI=1S/C18H18FNO3/c19-13-3-1-2-12(8-13)16-9-14(21)10-20(16)18(22)15-6-7-23-17(15)11-4-5-11/h1-3,6-8,11,14,16,21H,4-5,9-10H2/t14-,16-/m0/s1.